The monoisotopic (exact) mass is 302 g/mol. The molecular formula is C16H18N2O2S. The average Bonchev–Trinajstić information content (AvgIpc) is 2.47. The third kappa shape index (κ3) is 3.55. The zero-order valence-corrected chi connectivity index (χ0v) is 13.2. The molecule has 0 saturated heterocycles. The summed E-state index contributed by atoms with van der Waals surface area (Å²) in [5.41, 5.74) is 4.10. The number of nitrogens with one attached hydrogen (secondary N) is 1. The van der Waals surface area contributed by atoms with Crippen molar-refractivity contribution in [3.63, 3.8) is 0 Å². The van der Waals surface area contributed by atoms with Gasteiger partial charge in [0.2, 0.25) is 0 Å². The molecule has 0 saturated carbocycles. The van der Waals surface area contributed by atoms with E-state index in [0.717, 1.165) is 5.56 Å². The maximum absolute atomic E-state index is 11.1. The number of benzene rings is 2. The number of thioether (sulfide) groups is 1. The topological polar surface area (TPSA) is 55.2 Å². The molecule has 2 rings (SSSR count). The summed E-state index contributed by atoms with van der Waals surface area (Å²) in [5, 5.41) is 14.0. The smallest absolute Gasteiger partial charge is 0.292 e. The molecule has 0 heterocycles. The summed E-state index contributed by atoms with van der Waals surface area (Å²) in [7, 11) is 1.72. The Morgan fingerprint density at radius 2 is 2.00 bits per heavy atom. The Labute approximate surface area is 128 Å². The molecule has 0 bridgehead atoms. The maximum Gasteiger partial charge on any atom is 0.292 e. The van der Waals surface area contributed by atoms with Crippen LogP contribution < -0.4 is 5.32 Å². The second-order valence-corrected chi connectivity index (χ2v) is 5.89. The lowest BCUT2D eigenvalue weighted by Crippen LogP contribution is -2.00. The second kappa shape index (κ2) is 6.63. The van der Waals surface area contributed by atoms with Crippen LogP contribution in [0, 0.1) is 24.0 Å². The number of rotatable bonds is 5. The van der Waals surface area contributed by atoms with Gasteiger partial charge >= 0.3 is 0 Å². The van der Waals surface area contributed by atoms with Gasteiger partial charge in [-0.15, -0.1) is 11.8 Å². The van der Waals surface area contributed by atoms with Crippen LogP contribution in [0.3, 0.4) is 0 Å². The number of hydrogen-bond acceptors (Lipinski definition) is 4. The highest BCUT2D eigenvalue weighted by molar-refractivity contribution is 7.98. The Morgan fingerprint density at radius 3 is 2.67 bits per heavy atom. The van der Waals surface area contributed by atoms with Crippen LogP contribution in [0.25, 0.3) is 0 Å². The van der Waals surface area contributed by atoms with Crippen LogP contribution in [0.15, 0.2) is 41.3 Å². The molecule has 0 atom stereocenters. The molecule has 0 radical (unpaired) electrons. The van der Waals surface area contributed by atoms with E-state index in [1.807, 2.05) is 6.07 Å². The Morgan fingerprint density at radius 1 is 1.24 bits per heavy atom. The van der Waals surface area contributed by atoms with Gasteiger partial charge in [0.25, 0.3) is 5.69 Å². The highest BCUT2D eigenvalue weighted by Crippen LogP contribution is 2.33. The van der Waals surface area contributed by atoms with E-state index in [-0.39, 0.29) is 10.6 Å². The fourth-order valence-corrected chi connectivity index (χ4v) is 3.28. The molecule has 2 aromatic carbocycles. The number of aryl methyl sites for hydroxylation is 2. The number of nitrogens with zero attached hydrogens (tertiary/aromatic N) is 1. The van der Waals surface area contributed by atoms with E-state index in [9.17, 15) is 10.1 Å². The summed E-state index contributed by atoms with van der Waals surface area (Å²) in [5.74, 6) is 0.697. The highest BCUT2D eigenvalue weighted by Gasteiger charge is 2.16. The molecule has 0 fully saturated rings. The van der Waals surface area contributed by atoms with Crippen LogP contribution in [-0.2, 0) is 5.75 Å². The summed E-state index contributed by atoms with van der Waals surface area (Å²) in [6.07, 6.45) is 0. The Balaban J connectivity index is 2.26. The number of hydrogen-bond donors (Lipinski definition) is 1. The lowest BCUT2D eigenvalue weighted by atomic mass is 10.1. The summed E-state index contributed by atoms with van der Waals surface area (Å²) >= 11 is 1.70. The van der Waals surface area contributed by atoms with Gasteiger partial charge in [-0.3, -0.25) is 10.1 Å². The molecule has 0 spiro atoms. The van der Waals surface area contributed by atoms with E-state index < -0.39 is 0 Å². The zero-order valence-electron chi connectivity index (χ0n) is 12.3. The third-order valence-corrected chi connectivity index (χ3v) is 4.51. The number of nitro groups is 1. The van der Waals surface area contributed by atoms with E-state index in [0.29, 0.717) is 11.4 Å². The van der Waals surface area contributed by atoms with Crippen LogP contribution in [-0.4, -0.2) is 12.0 Å². The summed E-state index contributed by atoms with van der Waals surface area (Å²) in [6, 6.07) is 11.5. The molecule has 0 aliphatic heterocycles. The van der Waals surface area contributed by atoms with Crippen LogP contribution in [0.5, 0.6) is 0 Å². The first-order valence-electron chi connectivity index (χ1n) is 6.67. The van der Waals surface area contributed by atoms with Crippen LogP contribution in [0.1, 0.15) is 16.7 Å². The second-order valence-electron chi connectivity index (χ2n) is 4.88. The van der Waals surface area contributed by atoms with Gasteiger partial charge in [-0.1, -0.05) is 29.8 Å². The zero-order chi connectivity index (χ0) is 15.4. The first-order chi connectivity index (χ1) is 10.0. The molecule has 0 aliphatic carbocycles. The largest absolute Gasteiger partial charge is 0.382 e. The summed E-state index contributed by atoms with van der Waals surface area (Å²) < 4.78 is 0. The first-order valence-corrected chi connectivity index (χ1v) is 7.65. The lowest BCUT2D eigenvalue weighted by Gasteiger charge is -2.11. The van der Waals surface area contributed by atoms with E-state index in [2.05, 4.69) is 37.4 Å². The van der Waals surface area contributed by atoms with E-state index in [1.165, 1.54) is 22.1 Å². The van der Waals surface area contributed by atoms with Crippen LogP contribution >= 0.6 is 11.8 Å². The summed E-state index contributed by atoms with van der Waals surface area (Å²) in [6.45, 7) is 4.14. The minimum Gasteiger partial charge on any atom is -0.382 e. The molecule has 1 N–H and O–H groups in total. The summed E-state index contributed by atoms with van der Waals surface area (Å²) in [4.78, 5) is 11.9. The third-order valence-electron chi connectivity index (χ3n) is 3.30. The van der Waals surface area contributed by atoms with E-state index in [1.54, 1.807) is 24.9 Å². The van der Waals surface area contributed by atoms with Gasteiger partial charge in [0.15, 0.2) is 0 Å². The molecule has 21 heavy (non-hydrogen) atoms. The van der Waals surface area contributed by atoms with Crippen molar-refractivity contribution >= 4 is 23.1 Å². The fraction of sp³-hybridized carbons (Fsp3) is 0.250. The molecule has 5 heteroatoms. The van der Waals surface area contributed by atoms with Gasteiger partial charge in [0, 0.05) is 23.8 Å². The highest BCUT2D eigenvalue weighted by atomic mass is 32.2. The van der Waals surface area contributed by atoms with Crippen molar-refractivity contribution in [2.75, 3.05) is 12.4 Å². The van der Waals surface area contributed by atoms with Crippen molar-refractivity contribution in [2.45, 2.75) is 24.5 Å². The van der Waals surface area contributed by atoms with Crippen LogP contribution in [0.4, 0.5) is 11.4 Å². The molecule has 2 aromatic rings. The standard InChI is InChI=1S/C16H18N2O2S/c1-11-7-8-12(2)15(9-11)21-10-13-5-4-6-14(18(19)20)16(13)17-3/h4-9,17H,10H2,1-3H3. The van der Waals surface area contributed by atoms with Crippen molar-refractivity contribution in [1.82, 2.24) is 0 Å². The molecular weight excluding hydrogens is 284 g/mol. The Bertz CT molecular complexity index is 671. The average molecular weight is 302 g/mol. The minimum atomic E-state index is -0.349. The van der Waals surface area contributed by atoms with E-state index >= 15 is 0 Å². The molecule has 0 aromatic heterocycles. The molecule has 110 valence electrons. The van der Waals surface area contributed by atoms with Crippen molar-refractivity contribution in [1.29, 1.82) is 0 Å². The normalized spacial score (nSPS) is 10.4. The lowest BCUT2D eigenvalue weighted by molar-refractivity contribution is -0.384. The van der Waals surface area contributed by atoms with Crippen LogP contribution in [0.2, 0.25) is 0 Å². The Hall–Kier alpha value is -2.01. The first kappa shape index (κ1) is 15.4. The van der Waals surface area contributed by atoms with Gasteiger partial charge in [0.05, 0.1) is 4.92 Å². The van der Waals surface area contributed by atoms with Crippen molar-refractivity contribution in [3.05, 3.63) is 63.2 Å². The van der Waals surface area contributed by atoms with E-state index in [4.69, 9.17) is 0 Å². The van der Waals surface area contributed by atoms with Gasteiger partial charge < -0.3 is 5.32 Å². The van der Waals surface area contributed by atoms with Gasteiger partial charge in [0.1, 0.15) is 5.69 Å². The fourth-order valence-electron chi connectivity index (χ4n) is 2.17. The Kier molecular flexibility index (Phi) is 4.85. The van der Waals surface area contributed by atoms with Crippen molar-refractivity contribution < 1.29 is 4.92 Å². The molecule has 0 amide bonds. The van der Waals surface area contributed by atoms with Gasteiger partial charge in [-0.25, -0.2) is 0 Å². The quantitative estimate of drug-likeness (QED) is 0.500. The minimum absolute atomic E-state index is 0.122. The predicted octanol–water partition coefficient (Wildman–Crippen LogP) is 4.55. The molecule has 4 nitrogen and oxygen atoms in total. The molecule has 0 aliphatic rings. The van der Waals surface area contributed by atoms with Crippen molar-refractivity contribution in [2.24, 2.45) is 0 Å². The predicted molar refractivity (Wildman–Crippen MR) is 88.1 cm³/mol. The van der Waals surface area contributed by atoms with Gasteiger partial charge in [-0.2, -0.15) is 0 Å². The number of anilines is 1. The SMILES string of the molecule is CNc1c(CSc2cc(C)ccc2C)cccc1[N+](=O)[O-]. The maximum atomic E-state index is 11.1. The number of para-hydroxylation sites is 1. The van der Waals surface area contributed by atoms with Crippen molar-refractivity contribution in [3.8, 4) is 0 Å². The molecule has 0 unspecified atom stereocenters. The van der Waals surface area contributed by atoms with Gasteiger partial charge in [-0.05, 0) is 31.0 Å². The number of nitro benzene ring substituents is 1.